The van der Waals surface area contributed by atoms with Gasteiger partial charge in [0.05, 0.1) is 0 Å². The van der Waals surface area contributed by atoms with Crippen molar-refractivity contribution in [1.82, 2.24) is 10.3 Å². The Morgan fingerprint density at radius 3 is 3.20 bits per heavy atom. The van der Waals surface area contributed by atoms with Crippen LogP contribution >= 0.6 is 11.6 Å². The highest BCUT2D eigenvalue weighted by Gasteiger charge is 2.45. The molecule has 1 aromatic heterocycles. The summed E-state index contributed by atoms with van der Waals surface area (Å²) in [4.78, 5) is 3.97. The number of nitrogens with one attached hydrogen (secondary N) is 1. The summed E-state index contributed by atoms with van der Waals surface area (Å²) in [6.45, 7) is 0.693. The van der Waals surface area contributed by atoms with Crippen LogP contribution in [0.25, 0.3) is 0 Å². The topological polar surface area (TPSA) is 34.1 Å². The third kappa shape index (κ3) is 1.94. The highest BCUT2D eigenvalue weighted by atomic mass is 35.5. The lowest BCUT2D eigenvalue weighted by molar-refractivity contribution is 0.267. The zero-order valence-corrected chi connectivity index (χ0v) is 9.07. The number of halogens is 1. The molecule has 2 heterocycles. The first-order valence-electron chi connectivity index (χ1n) is 5.32. The zero-order chi connectivity index (χ0) is 10.3. The molecule has 0 unspecified atom stereocenters. The standard InChI is InChI=1S/C11H13ClN2O/c12-11-10(2-1-3-13-11)15-6-8-4-7-5-9(7)14-8/h1-3,7-9,14H,4-6H2/t7-,8-,9+/m0/s1. The smallest absolute Gasteiger partial charge is 0.171 e. The fraction of sp³-hybridized carbons (Fsp3) is 0.545. The maximum absolute atomic E-state index is 5.89. The number of pyridine rings is 1. The van der Waals surface area contributed by atoms with Crippen LogP contribution in [0.5, 0.6) is 5.75 Å². The molecule has 1 N–H and O–H groups in total. The molecule has 3 rings (SSSR count). The molecule has 2 aliphatic rings. The Bertz CT molecular complexity index is 361. The van der Waals surface area contributed by atoms with Gasteiger partial charge in [0.2, 0.25) is 0 Å². The van der Waals surface area contributed by atoms with E-state index in [4.69, 9.17) is 16.3 Å². The first kappa shape index (κ1) is 9.43. The fourth-order valence-electron chi connectivity index (χ4n) is 2.23. The lowest BCUT2D eigenvalue weighted by atomic mass is 10.2. The third-order valence-corrected chi connectivity index (χ3v) is 3.41. The molecule has 80 valence electrons. The van der Waals surface area contributed by atoms with Crippen molar-refractivity contribution in [2.45, 2.75) is 24.9 Å². The minimum Gasteiger partial charge on any atom is -0.489 e. The minimum absolute atomic E-state index is 0.445. The quantitative estimate of drug-likeness (QED) is 0.796. The van der Waals surface area contributed by atoms with Crippen molar-refractivity contribution in [1.29, 1.82) is 0 Å². The summed E-state index contributed by atoms with van der Waals surface area (Å²) in [5, 5.41) is 3.97. The molecule has 0 bridgehead atoms. The van der Waals surface area contributed by atoms with Gasteiger partial charge in [-0.1, -0.05) is 11.6 Å². The van der Waals surface area contributed by atoms with E-state index in [-0.39, 0.29) is 0 Å². The molecule has 1 aliphatic heterocycles. The van der Waals surface area contributed by atoms with E-state index in [0.717, 1.165) is 12.0 Å². The molecule has 1 aromatic rings. The number of aromatic nitrogens is 1. The Labute approximate surface area is 93.8 Å². The second kappa shape index (κ2) is 3.65. The average molecular weight is 225 g/mol. The van der Waals surface area contributed by atoms with Crippen molar-refractivity contribution in [3.8, 4) is 5.75 Å². The van der Waals surface area contributed by atoms with Crippen LogP contribution in [0.2, 0.25) is 5.15 Å². The molecule has 15 heavy (non-hydrogen) atoms. The van der Waals surface area contributed by atoms with Gasteiger partial charge in [0.15, 0.2) is 10.9 Å². The van der Waals surface area contributed by atoms with Crippen LogP contribution in [0.4, 0.5) is 0 Å². The van der Waals surface area contributed by atoms with E-state index in [9.17, 15) is 0 Å². The number of fused-ring (bicyclic) bond motifs is 1. The predicted octanol–water partition coefficient (Wildman–Crippen LogP) is 1.86. The number of piperidine rings is 1. The third-order valence-electron chi connectivity index (χ3n) is 3.12. The van der Waals surface area contributed by atoms with Gasteiger partial charge in [-0.05, 0) is 30.9 Å². The van der Waals surface area contributed by atoms with Crippen molar-refractivity contribution >= 4 is 11.6 Å². The predicted molar refractivity (Wildman–Crippen MR) is 58.2 cm³/mol. The van der Waals surface area contributed by atoms with Crippen molar-refractivity contribution in [3.63, 3.8) is 0 Å². The van der Waals surface area contributed by atoms with Gasteiger partial charge in [0.25, 0.3) is 0 Å². The molecule has 4 heteroatoms. The van der Waals surface area contributed by atoms with Gasteiger partial charge in [0, 0.05) is 18.3 Å². The minimum atomic E-state index is 0.445. The molecule has 1 saturated carbocycles. The van der Waals surface area contributed by atoms with E-state index in [1.807, 2.05) is 12.1 Å². The first-order chi connectivity index (χ1) is 7.33. The van der Waals surface area contributed by atoms with E-state index in [0.29, 0.717) is 23.6 Å². The van der Waals surface area contributed by atoms with Gasteiger partial charge in [0.1, 0.15) is 6.61 Å². The van der Waals surface area contributed by atoms with E-state index in [1.165, 1.54) is 12.8 Å². The summed E-state index contributed by atoms with van der Waals surface area (Å²) >= 11 is 5.89. The van der Waals surface area contributed by atoms with E-state index in [2.05, 4.69) is 10.3 Å². The lowest BCUT2D eigenvalue weighted by Gasteiger charge is -2.14. The van der Waals surface area contributed by atoms with E-state index >= 15 is 0 Å². The Hall–Kier alpha value is -0.800. The van der Waals surface area contributed by atoms with Crippen LogP contribution in [0.3, 0.4) is 0 Å². The van der Waals surface area contributed by atoms with Crippen LogP contribution in [0, 0.1) is 5.92 Å². The van der Waals surface area contributed by atoms with Gasteiger partial charge < -0.3 is 10.1 Å². The van der Waals surface area contributed by atoms with E-state index < -0.39 is 0 Å². The normalized spacial score (nSPS) is 32.5. The second-order valence-electron chi connectivity index (χ2n) is 4.30. The molecular weight excluding hydrogens is 212 g/mol. The molecule has 0 spiro atoms. The molecule has 3 atom stereocenters. The van der Waals surface area contributed by atoms with Crippen molar-refractivity contribution in [3.05, 3.63) is 23.5 Å². The van der Waals surface area contributed by atoms with Gasteiger partial charge >= 0.3 is 0 Å². The fourth-order valence-corrected chi connectivity index (χ4v) is 2.41. The van der Waals surface area contributed by atoms with Crippen molar-refractivity contribution in [2.75, 3.05) is 6.61 Å². The molecular formula is C11H13ClN2O. The SMILES string of the molecule is Clc1ncccc1OC[C@@H]1C[C@H]2C[C@H]2N1. The monoisotopic (exact) mass is 224 g/mol. The molecule has 0 radical (unpaired) electrons. The number of nitrogens with zero attached hydrogens (tertiary/aromatic N) is 1. The Morgan fingerprint density at radius 1 is 1.53 bits per heavy atom. The molecule has 1 aliphatic carbocycles. The van der Waals surface area contributed by atoms with Crippen molar-refractivity contribution < 1.29 is 4.74 Å². The van der Waals surface area contributed by atoms with Crippen molar-refractivity contribution in [2.24, 2.45) is 5.92 Å². The van der Waals surface area contributed by atoms with E-state index in [1.54, 1.807) is 6.20 Å². The number of hydrogen-bond acceptors (Lipinski definition) is 3. The summed E-state index contributed by atoms with van der Waals surface area (Å²) < 4.78 is 5.63. The largest absolute Gasteiger partial charge is 0.489 e. The summed E-state index contributed by atoms with van der Waals surface area (Å²) in [5.41, 5.74) is 0. The maximum atomic E-state index is 5.89. The van der Waals surface area contributed by atoms with Crippen LogP contribution in [-0.4, -0.2) is 23.7 Å². The lowest BCUT2D eigenvalue weighted by Crippen LogP contribution is -2.31. The summed E-state index contributed by atoms with van der Waals surface area (Å²) in [6.07, 6.45) is 4.25. The highest BCUT2D eigenvalue weighted by molar-refractivity contribution is 6.30. The van der Waals surface area contributed by atoms with Crippen LogP contribution in [0.1, 0.15) is 12.8 Å². The molecule has 0 amide bonds. The molecule has 1 saturated heterocycles. The average Bonchev–Trinajstić information content (AvgIpc) is 2.85. The Balaban J connectivity index is 1.55. The Kier molecular flexibility index (Phi) is 2.29. The zero-order valence-electron chi connectivity index (χ0n) is 8.32. The molecule has 3 nitrogen and oxygen atoms in total. The summed E-state index contributed by atoms with van der Waals surface area (Å²) in [7, 11) is 0. The van der Waals surface area contributed by atoms with Gasteiger partial charge in [-0.3, -0.25) is 0 Å². The number of hydrogen-bond donors (Lipinski definition) is 1. The Morgan fingerprint density at radius 2 is 2.47 bits per heavy atom. The number of ether oxygens (including phenoxy) is 1. The molecule has 0 aromatic carbocycles. The number of rotatable bonds is 3. The maximum Gasteiger partial charge on any atom is 0.171 e. The second-order valence-corrected chi connectivity index (χ2v) is 4.66. The first-order valence-corrected chi connectivity index (χ1v) is 5.70. The van der Waals surface area contributed by atoms with Gasteiger partial charge in [-0.2, -0.15) is 0 Å². The summed E-state index contributed by atoms with van der Waals surface area (Å²) in [5.74, 6) is 1.59. The van der Waals surface area contributed by atoms with Crippen LogP contribution < -0.4 is 10.1 Å². The highest BCUT2D eigenvalue weighted by Crippen LogP contribution is 2.40. The van der Waals surface area contributed by atoms with Gasteiger partial charge in [-0.25, -0.2) is 4.98 Å². The summed E-state index contributed by atoms with van der Waals surface area (Å²) in [6, 6.07) is 4.94. The van der Waals surface area contributed by atoms with Crippen LogP contribution in [0.15, 0.2) is 18.3 Å². The van der Waals surface area contributed by atoms with Gasteiger partial charge in [-0.15, -0.1) is 0 Å². The molecule has 2 fully saturated rings. The van der Waals surface area contributed by atoms with Crippen LogP contribution in [-0.2, 0) is 0 Å².